The molecule has 290 valence electrons. The summed E-state index contributed by atoms with van der Waals surface area (Å²) in [5.74, 6) is -2.81. The van der Waals surface area contributed by atoms with Crippen LogP contribution in [0.1, 0.15) is 56.7 Å². The van der Waals surface area contributed by atoms with Crippen molar-refractivity contribution in [2.45, 2.75) is 77.4 Å². The lowest BCUT2D eigenvalue weighted by atomic mass is 10.0. The quantitative estimate of drug-likeness (QED) is 0.0925. The normalized spacial score (nSPS) is 11.9. The molecule has 0 aliphatic heterocycles. The van der Waals surface area contributed by atoms with Gasteiger partial charge in [0, 0.05) is 13.0 Å². The molecule has 0 radical (unpaired) electrons. The number of amides is 5. The Morgan fingerprint density at radius 2 is 1.24 bits per heavy atom. The van der Waals surface area contributed by atoms with Crippen LogP contribution in [-0.4, -0.2) is 78.3 Å². The third-order valence-corrected chi connectivity index (χ3v) is 7.51. The van der Waals surface area contributed by atoms with Gasteiger partial charge in [-0.05, 0) is 68.9 Å². The summed E-state index contributed by atoms with van der Waals surface area (Å²) in [5, 5.41) is 21.5. The van der Waals surface area contributed by atoms with Gasteiger partial charge >= 0.3 is 18.2 Å². The van der Waals surface area contributed by atoms with Crippen LogP contribution in [-0.2, 0) is 48.3 Å². The van der Waals surface area contributed by atoms with Gasteiger partial charge in [-0.1, -0.05) is 72.8 Å². The van der Waals surface area contributed by atoms with E-state index in [1.807, 2.05) is 60.7 Å². The SMILES string of the molecule is CC(C)(C)OC(=O)N[C@@H](CCCCNC(=O)OCc1ccccc1)C(=O)NCC(=O)N[C@@H](Cc1ccc(OCc2ccccc2)cc1)C(=O)NCC(=O)O. The van der Waals surface area contributed by atoms with Crippen molar-refractivity contribution in [3.63, 3.8) is 0 Å². The maximum atomic E-state index is 13.2. The lowest BCUT2D eigenvalue weighted by Crippen LogP contribution is -2.53. The van der Waals surface area contributed by atoms with Gasteiger partial charge in [0.05, 0.1) is 6.54 Å². The van der Waals surface area contributed by atoms with E-state index < -0.39 is 66.7 Å². The van der Waals surface area contributed by atoms with Crippen molar-refractivity contribution in [3.8, 4) is 5.75 Å². The number of carboxylic acid groups (broad SMARTS) is 1. The molecule has 5 amide bonds. The number of hydrogen-bond acceptors (Lipinski definition) is 9. The zero-order valence-corrected chi connectivity index (χ0v) is 30.7. The summed E-state index contributed by atoms with van der Waals surface area (Å²) in [7, 11) is 0. The summed E-state index contributed by atoms with van der Waals surface area (Å²) in [6, 6.07) is 23.4. The number of rotatable bonds is 20. The Morgan fingerprint density at radius 3 is 1.85 bits per heavy atom. The van der Waals surface area contributed by atoms with Crippen LogP contribution in [0.3, 0.4) is 0 Å². The molecule has 0 aliphatic rings. The average Bonchev–Trinajstić information content (AvgIpc) is 3.14. The first kappa shape index (κ1) is 42.3. The fourth-order valence-corrected chi connectivity index (χ4v) is 4.89. The van der Waals surface area contributed by atoms with Crippen molar-refractivity contribution in [2.75, 3.05) is 19.6 Å². The summed E-state index contributed by atoms with van der Waals surface area (Å²) in [5.41, 5.74) is 1.66. The second-order valence-corrected chi connectivity index (χ2v) is 13.3. The molecule has 0 saturated carbocycles. The first-order valence-electron chi connectivity index (χ1n) is 17.5. The Morgan fingerprint density at radius 1 is 0.648 bits per heavy atom. The first-order valence-corrected chi connectivity index (χ1v) is 17.5. The Kier molecular flexibility index (Phi) is 17.3. The number of carboxylic acids is 1. The predicted octanol–water partition coefficient (Wildman–Crippen LogP) is 3.60. The number of alkyl carbamates (subject to hydrolysis) is 2. The number of unbranched alkanes of at least 4 members (excludes halogenated alkanes) is 1. The Hall–Kier alpha value is -6.12. The van der Waals surface area contributed by atoms with Crippen LogP contribution < -0.4 is 31.3 Å². The highest BCUT2D eigenvalue weighted by atomic mass is 16.6. The van der Waals surface area contributed by atoms with Crippen LogP contribution in [0.5, 0.6) is 5.75 Å². The van der Waals surface area contributed by atoms with Gasteiger partial charge in [0.25, 0.3) is 0 Å². The van der Waals surface area contributed by atoms with Crippen molar-refractivity contribution in [1.29, 1.82) is 0 Å². The lowest BCUT2D eigenvalue weighted by Gasteiger charge is -2.23. The number of nitrogens with one attached hydrogen (secondary N) is 5. The van der Waals surface area contributed by atoms with Gasteiger partial charge in [-0.25, -0.2) is 9.59 Å². The molecule has 15 nitrogen and oxygen atoms in total. The van der Waals surface area contributed by atoms with E-state index >= 15 is 0 Å². The predicted molar refractivity (Wildman–Crippen MR) is 198 cm³/mol. The summed E-state index contributed by atoms with van der Waals surface area (Å²) < 4.78 is 16.3. The zero-order chi connectivity index (χ0) is 39.3. The van der Waals surface area contributed by atoms with Gasteiger partial charge in [-0.15, -0.1) is 0 Å². The van der Waals surface area contributed by atoms with E-state index in [4.69, 9.17) is 19.3 Å². The largest absolute Gasteiger partial charge is 0.489 e. The molecule has 0 fully saturated rings. The van der Waals surface area contributed by atoms with Crippen LogP contribution in [0, 0.1) is 0 Å². The minimum absolute atomic E-state index is 0.0146. The van der Waals surface area contributed by atoms with Crippen molar-refractivity contribution in [1.82, 2.24) is 26.6 Å². The molecule has 0 bridgehead atoms. The zero-order valence-electron chi connectivity index (χ0n) is 30.7. The molecule has 0 heterocycles. The fourth-order valence-electron chi connectivity index (χ4n) is 4.89. The van der Waals surface area contributed by atoms with Crippen molar-refractivity contribution >= 4 is 35.9 Å². The van der Waals surface area contributed by atoms with E-state index in [0.29, 0.717) is 30.8 Å². The molecule has 54 heavy (non-hydrogen) atoms. The summed E-state index contributed by atoms with van der Waals surface area (Å²) in [4.78, 5) is 74.8. The molecule has 0 aliphatic carbocycles. The molecule has 3 aromatic carbocycles. The molecule has 6 N–H and O–H groups in total. The van der Waals surface area contributed by atoms with Crippen LogP contribution in [0.15, 0.2) is 84.9 Å². The number of ether oxygens (including phenoxy) is 3. The van der Waals surface area contributed by atoms with E-state index in [9.17, 15) is 28.8 Å². The molecular weight excluding hydrogens is 698 g/mol. The molecule has 3 rings (SSSR count). The van der Waals surface area contributed by atoms with Crippen molar-refractivity contribution in [3.05, 3.63) is 102 Å². The molecule has 0 aromatic heterocycles. The average molecular weight is 748 g/mol. The Balaban J connectivity index is 1.54. The Bertz CT molecular complexity index is 1660. The molecule has 0 saturated heterocycles. The van der Waals surface area contributed by atoms with Gasteiger partial charge in [-0.3, -0.25) is 19.2 Å². The summed E-state index contributed by atoms with van der Waals surface area (Å²) >= 11 is 0. The number of carbonyl (C=O) groups excluding carboxylic acids is 5. The highest BCUT2D eigenvalue weighted by Gasteiger charge is 2.26. The maximum absolute atomic E-state index is 13.2. The number of benzene rings is 3. The van der Waals surface area contributed by atoms with Gasteiger partial charge < -0.3 is 45.9 Å². The molecular formula is C39H49N5O10. The minimum Gasteiger partial charge on any atom is -0.489 e. The van der Waals surface area contributed by atoms with Gasteiger partial charge in [0.15, 0.2) is 0 Å². The van der Waals surface area contributed by atoms with Crippen LogP contribution in [0.25, 0.3) is 0 Å². The van der Waals surface area contributed by atoms with E-state index in [-0.39, 0.29) is 26.0 Å². The van der Waals surface area contributed by atoms with E-state index in [0.717, 1.165) is 11.1 Å². The first-order chi connectivity index (χ1) is 25.8. The van der Waals surface area contributed by atoms with Crippen LogP contribution in [0.2, 0.25) is 0 Å². The topological polar surface area (TPSA) is 210 Å². The van der Waals surface area contributed by atoms with E-state index in [1.54, 1.807) is 45.0 Å². The number of carbonyl (C=O) groups is 6. The molecule has 0 unspecified atom stereocenters. The minimum atomic E-state index is -1.26. The second kappa shape index (κ2) is 22.1. The standard InChI is InChI=1S/C39H49N5O10/c1-39(2,3)54-38(51)44-31(16-10-11-21-40-37(50)53-26-29-14-8-5-9-15-29)35(48)41-23-33(45)43-32(36(49)42-24-34(46)47)22-27-17-19-30(20-18-27)52-25-28-12-6-4-7-13-28/h4-9,12-15,17-20,31-32H,10-11,16,21-26H2,1-3H3,(H,40,50)(H,41,48)(H,42,49)(H,43,45)(H,44,51)(H,46,47)/t31-,32-/m0/s1. The smallest absolute Gasteiger partial charge is 0.408 e. The van der Waals surface area contributed by atoms with E-state index in [2.05, 4.69) is 26.6 Å². The second-order valence-electron chi connectivity index (χ2n) is 13.3. The summed E-state index contributed by atoms with van der Waals surface area (Å²) in [6.45, 7) is 4.55. The number of aliphatic carboxylic acids is 1. The molecule has 15 heteroatoms. The third kappa shape index (κ3) is 17.4. The third-order valence-electron chi connectivity index (χ3n) is 7.51. The highest BCUT2D eigenvalue weighted by molar-refractivity contribution is 5.92. The maximum Gasteiger partial charge on any atom is 0.408 e. The van der Waals surface area contributed by atoms with Gasteiger partial charge in [0.1, 0.15) is 43.2 Å². The van der Waals surface area contributed by atoms with Gasteiger partial charge in [0.2, 0.25) is 17.7 Å². The van der Waals surface area contributed by atoms with Gasteiger partial charge in [-0.2, -0.15) is 0 Å². The molecule has 2 atom stereocenters. The summed E-state index contributed by atoms with van der Waals surface area (Å²) in [6.07, 6.45) is -0.402. The molecule has 0 spiro atoms. The fraction of sp³-hybridized carbons (Fsp3) is 0.385. The highest BCUT2D eigenvalue weighted by Crippen LogP contribution is 2.16. The van der Waals surface area contributed by atoms with Crippen LogP contribution in [0.4, 0.5) is 9.59 Å². The van der Waals surface area contributed by atoms with Crippen molar-refractivity contribution < 1.29 is 48.1 Å². The number of hydrogen-bond donors (Lipinski definition) is 6. The monoisotopic (exact) mass is 747 g/mol. The lowest BCUT2D eigenvalue weighted by molar-refractivity contribution is -0.138. The Labute approximate surface area is 314 Å². The van der Waals surface area contributed by atoms with Crippen molar-refractivity contribution in [2.24, 2.45) is 0 Å². The van der Waals surface area contributed by atoms with Crippen LogP contribution >= 0.6 is 0 Å². The van der Waals surface area contributed by atoms with E-state index in [1.165, 1.54) is 0 Å². The molecule has 3 aromatic rings.